The van der Waals surface area contributed by atoms with Gasteiger partial charge >= 0.3 is 6.09 Å². The zero-order valence-electron chi connectivity index (χ0n) is 20.0. The topological polar surface area (TPSA) is 142 Å². The maximum Gasteiger partial charge on any atom is 0.410 e. The lowest BCUT2D eigenvalue weighted by Crippen LogP contribution is -2.44. The highest BCUT2D eigenvalue weighted by Gasteiger charge is 2.30. The minimum Gasteiger partial charge on any atom is -0.445 e. The molecular weight excluding hydrogens is 554 g/mol. The van der Waals surface area contributed by atoms with Crippen molar-refractivity contribution in [3.63, 3.8) is 0 Å². The first kappa shape index (κ1) is 23.9. The number of ether oxygens (including phenoxy) is 1. The van der Waals surface area contributed by atoms with E-state index in [2.05, 4.69) is 41.9 Å². The molecule has 0 unspecified atom stereocenters. The van der Waals surface area contributed by atoms with Crippen LogP contribution in [-0.2, 0) is 16.1 Å². The third kappa shape index (κ3) is 4.63. The Labute approximate surface area is 224 Å². The third-order valence-electron chi connectivity index (χ3n) is 6.18. The second-order valence-electron chi connectivity index (χ2n) is 8.70. The highest BCUT2D eigenvalue weighted by molar-refractivity contribution is 9.10. The Morgan fingerprint density at radius 3 is 2.84 bits per heavy atom. The number of anilines is 1. The highest BCUT2D eigenvalue weighted by Crippen LogP contribution is 2.28. The smallest absolute Gasteiger partial charge is 0.410 e. The molecule has 3 aromatic heterocycles. The predicted molar refractivity (Wildman–Crippen MR) is 142 cm³/mol. The largest absolute Gasteiger partial charge is 0.445 e. The van der Waals surface area contributed by atoms with Crippen molar-refractivity contribution in [1.29, 1.82) is 0 Å². The lowest BCUT2D eigenvalue weighted by Gasteiger charge is -2.23. The maximum absolute atomic E-state index is 13.0. The molecule has 0 bridgehead atoms. The number of para-hydroxylation sites is 1. The number of halogens is 1. The van der Waals surface area contributed by atoms with Crippen LogP contribution in [0.15, 0.2) is 65.4 Å². The van der Waals surface area contributed by atoms with Gasteiger partial charge in [0.15, 0.2) is 11.5 Å². The number of H-pyrrole nitrogens is 1. The maximum atomic E-state index is 13.0. The van der Waals surface area contributed by atoms with E-state index >= 15 is 0 Å². The lowest BCUT2D eigenvalue weighted by molar-refractivity contribution is -0.121. The molecule has 1 aliphatic rings. The summed E-state index contributed by atoms with van der Waals surface area (Å²) in [5.41, 5.74) is 2.81. The van der Waals surface area contributed by atoms with Crippen molar-refractivity contribution < 1.29 is 14.3 Å². The van der Waals surface area contributed by atoms with Crippen LogP contribution in [0.4, 0.5) is 10.7 Å². The lowest BCUT2D eigenvalue weighted by atomic mass is 10.2. The summed E-state index contributed by atoms with van der Waals surface area (Å²) in [7, 11) is 0. The van der Waals surface area contributed by atoms with Gasteiger partial charge in [-0.3, -0.25) is 9.89 Å². The van der Waals surface area contributed by atoms with Crippen LogP contribution < -0.4 is 10.6 Å². The van der Waals surface area contributed by atoms with Crippen LogP contribution >= 0.6 is 15.9 Å². The van der Waals surface area contributed by atoms with Gasteiger partial charge in [0.2, 0.25) is 11.9 Å². The number of hydrogen-bond acceptors (Lipinski definition) is 8. The van der Waals surface area contributed by atoms with E-state index < -0.39 is 12.1 Å². The molecule has 6 rings (SSSR count). The summed E-state index contributed by atoms with van der Waals surface area (Å²) in [6.45, 7) is 0.849. The molecule has 2 amide bonds. The number of aromatic nitrogens is 6. The molecule has 1 saturated heterocycles. The van der Waals surface area contributed by atoms with Gasteiger partial charge in [-0.05, 0) is 33.6 Å². The van der Waals surface area contributed by atoms with Crippen molar-refractivity contribution in [2.24, 2.45) is 0 Å². The number of carbonyl (C=O) groups is 2. The Kier molecular flexibility index (Phi) is 6.33. The number of carbonyl (C=O) groups excluding carboxylic acids is 2. The van der Waals surface area contributed by atoms with Crippen LogP contribution in [0.25, 0.3) is 27.9 Å². The number of hydrogen-bond donors (Lipinski definition) is 3. The summed E-state index contributed by atoms with van der Waals surface area (Å²) in [6, 6.07) is 14.3. The van der Waals surface area contributed by atoms with Gasteiger partial charge in [0.25, 0.3) is 0 Å². The average molecular weight is 576 g/mol. The van der Waals surface area contributed by atoms with E-state index in [1.807, 2.05) is 48.5 Å². The Bertz CT molecular complexity index is 1620. The van der Waals surface area contributed by atoms with Gasteiger partial charge < -0.3 is 20.3 Å². The van der Waals surface area contributed by atoms with Crippen molar-refractivity contribution in [3.8, 4) is 11.4 Å². The summed E-state index contributed by atoms with van der Waals surface area (Å²) in [5, 5.41) is 18.2. The fourth-order valence-corrected chi connectivity index (χ4v) is 4.72. The van der Waals surface area contributed by atoms with Crippen LogP contribution in [0.2, 0.25) is 0 Å². The van der Waals surface area contributed by atoms with Crippen LogP contribution in [0, 0.1) is 0 Å². The molecular formula is C25H22BrN9O3. The van der Waals surface area contributed by atoms with Crippen LogP contribution in [-0.4, -0.2) is 72.4 Å². The molecule has 4 heterocycles. The third-order valence-corrected chi connectivity index (χ3v) is 6.82. The van der Waals surface area contributed by atoms with Crippen molar-refractivity contribution >= 4 is 50.4 Å². The van der Waals surface area contributed by atoms with Gasteiger partial charge in [-0.15, -0.1) is 5.10 Å². The van der Waals surface area contributed by atoms with Gasteiger partial charge in [0, 0.05) is 29.1 Å². The summed E-state index contributed by atoms with van der Waals surface area (Å²) in [4.78, 5) is 36.8. The van der Waals surface area contributed by atoms with Crippen LogP contribution in [0.3, 0.4) is 0 Å². The first-order chi connectivity index (χ1) is 18.6. The van der Waals surface area contributed by atoms with Crippen LogP contribution in [0.1, 0.15) is 5.56 Å². The number of aromatic amines is 1. The van der Waals surface area contributed by atoms with Gasteiger partial charge in [0.1, 0.15) is 12.6 Å². The number of amides is 2. The highest BCUT2D eigenvalue weighted by atomic mass is 79.9. The fraction of sp³-hybridized carbons (Fsp3) is 0.200. The van der Waals surface area contributed by atoms with Gasteiger partial charge in [-0.25, -0.2) is 14.8 Å². The molecule has 5 aromatic rings. The number of benzene rings is 2. The summed E-state index contributed by atoms with van der Waals surface area (Å²) >= 11 is 3.57. The minimum atomic E-state index is -0.806. The summed E-state index contributed by atoms with van der Waals surface area (Å²) < 4.78 is 7.84. The van der Waals surface area contributed by atoms with Crippen LogP contribution in [0.5, 0.6) is 0 Å². The molecule has 192 valence electrons. The number of fused-ring (bicyclic) bond motifs is 3. The van der Waals surface area contributed by atoms with E-state index in [9.17, 15) is 9.59 Å². The second kappa shape index (κ2) is 10.1. The molecule has 13 heteroatoms. The summed E-state index contributed by atoms with van der Waals surface area (Å²) in [6.07, 6.45) is 2.83. The second-order valence-corrected chi connectivity index (χ2v) is 9.56. The Balaban J connectivity index is 1.31. The fourth-order valence-electron chi connectivity index (χ4n) is 4.26. The quantitative estimate of drug-likeness (QED) is 0.290. The SMILES string of the molecule is O=C1NCCN(C(=O)OCc2ccccc2)C[C@H]1Nc1nc2c(Br)cccc2c2nc(-c3cn[nH]c3)nn12. The van der Waals surface area contributed by atoms with E-state index in [1.54, 1.807) is 16.9 Å². The number of nitrogens with one attached hydrogen (secondary N) is 3. The predicted octanol–water partition coefficient (Wildman–Crippen LogP) is 2.98. The first-order valence-corrected chi connectivity index (χ1v) is 12.7. The Morgan fingerprint density at radius 2 is 2.03 bits per heavy atom. The average Bonchev–Trinajstić information content (AvgIpc) is 3.59. The van der Waals surface area contributed by atoms with Crippen molar-refractivity contribution in [2.75, 3.05) is 25.0 Å². The first-order valence-electron chi connectivity index (χ1n) is 11.9. The molecule has 1 atom stereocenters. The monoisotopic (exact) mass is 575 g/mol. The normalized spacial score (nSPS) is 15.9. The number of rotatable bonds is 5. The van der Waals surface area contributed by atoms with Gasteiger partial charge in [0.05, 0.1) is 23.8 Å². The summed E-state index contributed by atoms with van der Waals surface area (Å²) in [5.74, 6) is 0.495. The van der Waals surface area contributed by atoms with Crippen molar-refractivity contribution in [3.05, 3.63) is 71.0 Å². The van der Waals surface area contributed by atoms with E-state index in [0.717, 1.165) is 15.4 Å². The molecule has 38 heavy (non-hydrogen) atoms. The van der Waals surface area contributed by atoms with E-state index in [0.29, 0.717) is 41.6 Å². The van der Waals surface area contributed by atoms with Crippen molar-refractivity contribution in [2.45, 2.75) is 12.6 Å². The van der Waals surface area contributed by atoms with E-state index in [1.165, 1.54) is 4.90 Å². The molecule has 2 aromatic carbocycles. The minimum absolute atomic E-state index is 0.0832. The molecule has 0 spiro atoms. The van der Waals surface area contributed by atoms with Crippen molar-refractivity contribution in [1.82, 2.24) is 40.0 Å². The Morgan fingerprint density at radius 1 is 1.16 bits per heavy atom. The Hall–Kier alpha value is -4.52. The van der Waals surface area contributed by atoms with Gasteiger partial charge in [-0.2, -0.15) is 9.61 Å². The zero-order chi connectivity index (χ0) is 26.1. The molecule has 1 fully saturated rings. The molecule has 12 nitrogen and oxygen atoms in total. The molecule has 3 N–H and O–H groups in total. The van der Waals surface area contributed by atoms with E-state index in [-0.39, 0.29) is 19.1 Å². The molecule has 0 radical (unpaired) electrons. The number of nitrogens with zero attached hydrogens (tertiary/aromatic N) is 6. The standard InChI is InChI=1S/C25H22BrN9O3/c26-18-8-4-7-17-20(18)31-24(35-22(17)32-21(33-35)16-11-28-29-12-16)30-19-13-34(10-9-27-23(19)36)25(37)38-14-15-5-2-1-3-6-15/h1-8,11-12,19H,9-10,13-14H2,(H,27,36)(H,28,29)(H,30,31)/t19-/m1/s1. The molecule has 0 saturated carbocycles. The zero-order valence-corrected chi connectivity index (χ0v) is 21.6. The molecule has 0 aliphatic carbocycles. The van der Waals surface area contributed by atoms with E-state index in [4.69, 9.17) is 14.7 Å². The molecule has 1 aliphatic heterocycles. The van der Waals surface area contributed by atoms with Gasteiger partial charge in [-0.1, -0.05) is 36.4 Å².